The largest absolute Gasteiger partial charge is 0.312 e. The van der Waals surface area contributed by atoms with E-state index in [9.17, 15) is 0 Å². The summed E-state index contributed by atoms with van der Waals surface area (Å²) >= 11 is 0. The minimum absolute atomic E-state index is 0.441. The fourth-order valence-electron chi connectivity index (χ4n) is 3.09. The van der Waals surface area contributed by atoms with E-state index in [0.29, 0.717) is 17.6 Å². The molecule has 1 aliphatic heterocycles. The summed E-state index contributed by atoms with van der Waals surface area (Å²) in [6.45, 7) is 12.1. The third kappa shape index (κ3) is 2.78. The van der Waals surface area contributed by atoms with E-state index in [1.54, 1.807) is 0 Å². The van der Waals surface area contributed by atoms with Gasteiger partial charge in [0, 0.05) is 30.7 Å². The van der Waals surface area contributed by atoms with Crippen molar-refractivity contribution in [3.8, 4) is 0 Å². The highest BCUT2D eigenvalue weighted by atomic mass is 15.2. The van der Waals surface area contributed by atoms with Crippen molar-refractivity contribution in [2.45, 2.75) is 71.0 Å². The average Bonchev–Trinajstić information content (AvgIpc) is 2.97. The summed E-state index contributed by atoms with van der Waals surface area (Å²) in [6.07, 6.45) is 5.49. The van der Waals surface area contributed by atoms with E-state index in [0.717, 1.165) is 5.92 Å². The van der Waals surface area contributed by atoms with Gasteiger partial charge in [-0.25, -0.2) is 0 Å². The van der Waals surface area contributed by atoms with Crippen LogP contribution in [-0.2, 0) is 0 Å². The highest BCUT2D eigenvalue weighted by molar-refractivity contribution is 4.97. The van der Waals surface area contributed by atoms with E-state index in [1.807, 2.05) is 0 Å². The van der Waals surface area contributed by atoms with Gasteiger partial charge in [-0.3, -0.25) is 4.90 Å². The van der Waals surface area contributed by atoms with Crippen LogP contribution in [0.15, 0.2) is 0 Å². The number of nitrogens with one attached hydrogen (secondary N) is 1. The Balaban J connectivity index is 1.97. The van der Waals surface area contributed by atoms with Crippen LogP contribution in [0.2, 0.25) is 0 Å². The molecular formula is C14H28N2. The molecule has 0 amide bonds. The molecule has 0 bridgehead atoms. The van der Waals surface area contributed by atoms with Gasteiger partial charge >= 0.3 is 0 Å². The Morgan fingerprint density at radius 2 is 1.44 bits per heavy atom. The zero-order valence-electron chi connectivity index (χ0n) is 11.4. The molecule has 2 heteroatoms. The second-order valence-electron chi connectivity index (χ2n) is 6.46. The monoisotopic (exact) mass is 224 g/mol. The lowest BCUT2D eigenvalue weighted by molar-refractivity contribution is 0.0803. The SMILES string of the molecule is CC1CCN(C(C)(C)C2CC2)CCC(C)N1. The lowest BCUT2D eigenvalue weighted by Crippen LogP contribution is -2.51. The van der Waals surface area contributed by atoms with Crippen molar-refractivity contribution < 1.29 is 0 Å². The van der Waals surface area contributed by atoms with Crippen LogP contribution in [0.3, 0.4) is 0 Å². The van der Waals surface area contributed by atoms with Crippen LogP contribution in [0.1, 0.15) is 53.4 Å². The van der Waals surface area contributed by atoms with Gasteiger partial charge in [-0.05, 0) is 59.3 Å². The molecule has 0 spiro atoms. The second kappa shape index (κ2) is 4.66. The smallest absolute Gasteiger partial charge is 0.0181 e. The molecule has 1 aliphatic carbocycles. The van der Waals surface area contributed by atoms with Crippen molar-refractivity contribution in [1.29, 1.82) is 0 Å². The molecule has 2 aliphatic rings. The van der Waals surface area contributed by atoms with Crippen molar-refractivity contribution in [3.63, 3.8) is 0 Å². The fraction of sp³-hybridized carbons (Fsp3) is 1.00. The first-order valence-corrected chi connectivity index (χ1v) is 7.01. The van der Waals surface area contributed by atoms with E-state index in [-0.39, 0.29) is 0 Å². The first-order valence-electron chi connectivity index (χ1n) is 7.01. The van der Waals surface area contributed by atoms with Crippen molar-refractivity contribution in [3.05, 3.63) is 0 Å². The Kier molecular flexibility index (Phi) is 3.60. The number of rotatable bonds is 2. The maximum Gasteiger partial charge on any atom is 0.0181 e. The minimum atomic E-state index is 0.441. The Hall–Kier alpha value is -0.0800. The molecule has 2 rings (SSSR count). The first kappa shape index (κ1) is 12.4. The van der Waals surface area contributed by atoms with Crippen molar-refractivity contribution in [2.24, 2.45) is 5.92 Å². The summed E-state index contributed by atoms with van der Waals surface area (Å²) in [4.78, 5) is 2.75. The highest BCUT2D eigenvalue weighted by Crippen LogP contribution is 2.43. The zero-order valence-corrected chi connectivity index (χ0v) is 11.4. The van der Waals surface area contributed by atoms with E-state index in [4.69, 9.17) is 0 Å². The lowest BCUT2D eigenvalue weighted by atomic mass is 9.94. The van der Waals surface area contributed by atoms with Crippen LogP contribution < -0.4 is 5.32 Å². The molecule has 2 nitrogen and oxygen atoms in total. The quantitative estimate of drug-likeness (QED) is 0.776. The fourth-order valence-corrected chi connectivity index (χ4v) is 3.09. The van der Waals surface area contributed by atoms with Crippen molar-refractivity contribution >= 4 is 0 Å². The summed E-state index contributed by atoms with van der Waals surface area (Å²) in [5, 5.41) is 3.67. The molecule has 0 radical (unpaired) electrons. The van der Waals surface area contributed by atoms with Crippen LogP contribution in [0, 0.1) is 5.92 Å². The summed E-state index contributed by atoms with van der Waals surface area (Å²) in [5.74, 6) is 0.963. The molecule has 1 saturated heterocycles. The number of hydrogen-bond acceptors (Lipinski definition) is 2. The Labute approximate surface area is 101 Å². The van der Waals surface area contributed by atoms with Crippen LogP contribution in [0.25, 0.3) is 0 Å². The van der Waals surface area contributed by atoms with Gasteiger partial charge in [-0.15, -0.1) is 0 Å². The molecule has 16 heavy (non-hydrogen) atoms. The van der Waals surface area contributed by atoms with Gasteiger partial charge in [0.15, 0.2) is 0 Å². The predicted molar refractivity (Wildman–Crippen MR) is 69.7 cm³/mol. The molecule has 0 aromatic heterocycles. The maximum absolute atomic E-state index is 3.67. The summed E-state index contributed by atoms with van der Waals surface area (Å²) in [7, 11) is 0. The van der Waals surface area contributed by atoms with Gasteiger partial charge < -0.3 is 5.32 Å². The summed E-state index contributed by atoms with van der Waals surface area (Å²) in [6, 6.07) is 1.35. The van der Waals surface area contributed by atoms with Gasteiger partial charge in [-0.2, -0.15) is 0 Å². The van der Waals surface area contributed by atoms with Gasteiger partial charge in [-0.1, -0.05) is 0 Å². The molecule has 2 fully saturated rings. The maximum atomic E-state index is 3.67. The second-order valence-corrected chi connectivity index (χ2v) is 6.46. The van der Waals surface area contributed by atoms with E-state index >= 15 is 0 Å². The van der Waals surface area contributed by atoms with Gasteiger partial charge in [0.05, 0.1) is 0 Å². The molecule has 94 valence electrons. The molecular weight excluding hydrogens is 196 g/mol. The standard InChI is InChI=1S/C14H28N2/c1-11-7-9-16(10-8-12(2)15-11)14(3,4)13-5-6-13/h11-13,15H,5-10H2,1-4H3. The zero-order chi connectivity index (χ0) is 11.8. The lowest BCUT2D eigenvalue weighted by Gasteiger charge is -2.42. The van der Waals surface area contributed by atoms with Crippen LogP contribution >= 0.6 is 0 Å². The van der Waals surface area contributed by atoms with E-state index in [2.05, 4.69) is 37.9 Å². The normalized spacial score (nSPS) is 34.5. The number of hydrogen-bond donors (Lipinski definition) is 1. The Bertz CT molecular complexity index is 221. The van der Waals surface area contributed by atoms with Crippen LogP contribution in [0.4, 0.5) is 0 Å². The van der Waals surface area contributed by atoms with Crippen molar-refractivity contribution in [2.75, 3.05) is 13.1 Å². The summed E-state index contributed by atoms with van der Waals surface area (Å²) in [5.41, 5.74) is 0.441. The average molecular weight is 224 g/mol. The predicted octanol–water partition coefficient (Wildman–Crippen LogP) is 2.64. The van der Waals surface area contributed by atoms with Gasteiger partial charge in [0.25, 0.3) is 0 Å². The van der Waals surface area contributed by atoms with Crippen LogP contribution in [-0.4, -0.2) is 35.6 Å². The van der Waals surface area contributed by atoms with Gasteiger partial charge in [0.1, 0.15) is 0 Å². The summed E-state index contributed by atoms with van der Waals surface area (Å²) < 4.78 is 0. The minimum Gasteiger partial charge on any atom is -0.312 e. The first-order chi connectivity index (χ1) is 7.50. The highest BCUT2D eigenvalue weighted by Gasteiger charge is 2.41. The third-order valence-electron chi connectivity index (χ3n) is 4.62. The van der Waals surface area contributed by atoms with Crippen molar-refractivity contribution in [1.82, 2.24) is 10.2 Å². The molecule has 1 N–H and O–H groups in total. The topological polar surface area (TPSA) is 15.3 Å². The van der Waals surface area contributed by atoms with Crippen LogP contribution in [0.5, 0.6) is 0 Å². The molecule has 1 heterocycles. The van der Waals surface area contributed by atoms with E-state index in [1.165, 1.54) is 38.8 Å². The van der Waals surface area contributed by atoms with Gasteiger partial charge in [0.2, 0.25) is 0 Å². The Morgan fingerprint density at radius 1 is 0.938 bits per heavy atom. The number of nitrogens with zero attached hydrogens (tertiary/aromatic N) is 1. The third-order valence-corrected chi connectivity index (χ3v) is 4.62. The Morgan fingerprint density at radius 3 is 1.88 bits per heavy atom. The molecule has 1 saturated carbocycles. The molecule has 0 aromatic carbocycles. The van der Waals surface area contributed by atoms with E-state index < -0.39 is 0 Å². The molecule has 2 unspecified atom stereocenters. The molecule has 2 atom stereocenters. The molecule has 0 aromatic rings.